The Morgan fingerprint density at radius 3 is 0.941 bits per heavy atom. The SMILES string of the molecule is CCCCCCN(CCCCC(C)COC(C)(CCCCCC)CCCCCC)CCCCC(C)COC(C)(CCCCCC)CCCCCC. The Morgan fingerprint density at radius 1 is 0.373 bits per heavy atom. The van der Waals surface area contributed by atoms with E-state index in [2.05, 4.69) is 67.2 Å². The molecular formula is C48H99NO2. The molecular weight excluding hydrogens is 623 g/mol. The fourth-order valence-corrected chi connectivity index (χ4v) is 7.85. The monoisotopic (exact) mass is 722 g/mol. The molecule has 51 heavy (non-hydrogen) atoms. The number of nitrogens with zero attached hydrogens (tertiary/aromatic N) is 1. The molecule has 0 spiro atoms. The summed E-state index contributed by atoms with van der Waals surface area (Å²) in [5.74, 6) is 1.32. The van der Waals surface area contributed by atoms with Gasteiger partial charge in [0, 0.05) is 13.2 Å². The summed E-state index contributed by atoms with van der Waals surface area (Å²) in [5.41, 5.74) is 0.160. The molecule has 2 atom stereocenters. The molecule has 0 aliphatic carbocycles. The van der Waals surface area contributed by atoms with Crippen molar-refractivity contribution in [2.24, 2.45) is 11.8 Å². The lowest BCUT2D eigenvalue weighted by Crippen LogP contribution is -2.31. The van der Waals surface area contributed by atoms with Crippen LogP contribution < -0.4 is 0 Å². The molecule has 0 saturated heterocycles. The highest BCUT2D eigenvalue weighted by Crippen LogP contribution is 2.29. The van der Waals surface area contributed by atoms with Crippen LogP contribution in [0.25, 0.3) is 0 Å². The first-order valence-corrected chi connectivity index (χ1v) is 23.7. The molecule has 0 heterocycles. The summed E-state index contributed by atoms with van der Waals surface area (Å²) in [5, 5.41) is 0. The summed E-state index contributed by atoms with van der Waals surface area (Å²) in [6.45, 7) is 27.0. The molecule has 0 rings (SSSR count). The topological polar surface area (TPSA) is 21.7 Å². The number of rotatable bonds is 41. The predicted octanol–water partition coefficient (Wildman–Crippen LogP) is 15.9. The van der Waals surface area contributed by atoms with E-state index in [1.165, 1.54) is 212 Å². The number of hydrogen-bond donors (Lipinski definition) is 0. The van der Waals surface area contributed by atoms with Crippen molar-refractivity contribution < 1.29 is 9.47 Å². The minimum absolute atomic E-state index is 0.0802. The van der Waals surface area contributed by atoms with Crippen LogP contribution in [-0.2, 0) is 9.47 Å². The van der Waals surface area contributed by atoms with Crippen LogP contribution in [0.15, 0.2) is 0 Å². The van der Waals surface area contributed by atoms with Gasteiger partial charge in [0.1, 0.15) is 0 Å². The van der Waals surface area contributed by atoms with Crippen LogP contribution in [0, 0.1) is 11.8 Å². The van der Waals surface area contributed by atoms with Crippen molar-refractivity contribution in [3.8, 4) is 0 Å². The van der Waals surface area contributed by atoms with Crippen molar-refractivity contribution in [2.75, 3.05) is 32.8 Å². The van der Waals surface area contributed by atoms with Gasteiger partial charge in [0.05, 0.1) is 11.2 Å². The Labute approximate surface area is 324 Å². The summed E-state index contributed by atoms with van der Waals surface area (Å²) in [6.07, 6.45) is 39.8. The number of unbranched alkanes of at least 4 members (excludes halogenated alkanes) is 17. The van der Waals surface area contributed by atoms with E-state index >= 15 is 0 Å². The van der Waals surface area contributed by atoms with Gasteiger partial charge in [-0.1, -0.05) is 183 Å². The van der Waals surface area contributed by atoms with E-state index in [0.717, 1.165) is 13.2 Å². The zero-order valence-electron chi connectivity index (χ0n) is 37.2. The normalized spacial score (nSPS) is 13.8. The molecule has 308 valence electrons. The van der Waals surface area contributed by atoms with Crippen molar-refractivity contribution in [1.29, 1.82) is 0 Å². The zero-order chi connectivity index (χ0) is 37.9. The van der Waals surface area contributed by atoms with Crippen molar-refractivity contribution in [1.82, 2.24) is 4.90 Å². The van der Waals surface area contributed by atoms with Crippen molar-refractivity contribution in [3.63, 3.8) is 0 Å². The van der Waals surface area contributed by atoms with E-state index in [1.807, 2.05) is 0 Å². The first kappa shape index (κ1) is 50.9. The van der Waals surface area contributed by atoms with Crippen LogP contribution in [0.5, 0.6) is 0 Å². The minimum atomic E-state index is 0.0802. The molecule has 3 heteroatoms. The average Bonchev–Trinajstić information content (AvgIpc) is 3.12. The molecule has 2 unspecified atom stereocenters. The largest absolute Gasteiger partial charge is 0.375 e. The minimum Gasteiger partial charge on any atom is -0.375 e. The fraction of sp³-hybridized carbons (Fsp3) is 1.00. The van der Waals surface area contributed by atoms with Crippen LogP contribution in [0.4, 0.5) is 0 Å². The Balaban J connectivity index is 4.68. The van der Waals surface area contributed by atoms with Crippen molar-refractivity contribution >= 4 is 0 Å². The summed E-state index contributed by atoms with van der Waals surface area (Å²) < 4.78 is 13.5. The fourth-order valence-electron chi connectivity index (χ4n) is 7.85. The first-order valence-electron chi connectivity index (χ1n) is 23.7. The van der Waals surface area contributed by atoms with Crippen LogP contribution in [0.1, 0.15) is 255 Å². The molecule has 0 radical (unpaired) electrons. The first-order chi connectivity index (χ1) is 24.7. The quantitative estimate of drug-likeness (QED) is 0.0587. The predicted molar refractivity (Wildman–Crippen MR) is 230 cm³/mol. The second-order valence-corrected chi connectivity index (χ2v) is 17.9. The highest BCUT2D eigenvalue weighted by molar-refractivity contribution is 4.77. The number of ether oxygens (including phenoxy) is 2. The van der Waals surface area contributed by atoms with Crippen LogP contribution in [0.2, 0.25) is 0 Å². The number of hydrogen-bond acceptors (Lipinski definition) is 3. The Kier molecular flexibility index (Phi) is 35.5. The van der Waals surface area contributed by atoms with Gasteiger partial charge in [0.2, 0.25) is 0 Å². The third-order valence-corrected chi connectivity index (χ3v) is 11.8. The van der Waals surface area contributed by atoms with E-state index in [4.69, 9.17) is 9.47 Å². The van der Waals surface area contributed by atoms with Gasteiger partial charge >= 0.3 is 0 Å². The van der Waals surface area contributed by atoms with Crippen LogP contribution >= 0.6 is 0 Å². The van der Waals surface area contributed by atoms with Gasteiger partial charge in [-0.2, -0.15) is 0 Å². The Morgan fingerprint density at radius 2 is 0.647 bits per heavy atom. The van der Waals surface area contributed by atoms with Gasteiger partial charge in [-0.05, 0) is 103 Å². The molecule has 0 amide bonds. The van der Waals surface area contributed by atoms with E-state index in [9.17, 15) is 0 Å². The van der Waals surface area contributed by atoms with Gasteiger partial charge in [-0.25, -0.2) is 0 Å². The summed E-state index contributed by atoms with van der Waals surface area (Å²) in [7, 11) is 0. The average molecular weight is 722 g/mol. The second kappa shape index (κ2) is 35.6. The lowest BCUT2D eigenvalue weighted by molar-refractivity contribution is -0.0610. The van der Waals surface area contributed by atoms with Crippen LogP contribution in [-0.4, -0.2) is 49.0 Å². The van der Waals surface area contributed by atoms with Gasteiger partial charge in [0.15, 0.2) is 0 Å². The molecule has 0 bridgehead atoms. The zero-order valence-corrected chi connectivity index (χ0v) is 37.2. The molecule has 0 aliphatic heterocycles. The second-order valence-electron chi connectivity index (χ2n) is 17.9. The van der Waals surface area contributed by atoms with Crippen molar-refractivity contribution in [3.05, 3.63) is 0 Å². The third kappa shape index (κ3) is 31.9. The maximum Gasteiger partial charge on any atom is 0.0654 e. The highest BCUT2D eigenvalue weighted by atomic mass is 16.5. The van der Waals surface area contributed by atoms with E-state index < -0.39 is 0 Å². The summed E-state index contributed by atoms with van der Waals surface area (Å²) >= 11 is 0. The molecule has 0 aliphatic rings. The van der Waals surface area contributed by atoms with Gasteiger partial charge < -0.3 is 14.4 Å². The summed E-state index contributed by atoms with van der Waals surface area (Å²) in [6, 6.07) is 0. The third-order valence-electron chi connectivity index (χ3n) is 11.8. The summed E-state index contributed by atoms with van der Waals surface area (Å²) in [4.78, 5) is 2.81. The molecule has 3 nitrogen and oxygen atoms in total. The van der Waals surface area contributed by atoms with E-state index in [1.54, 1.807) is 0 Å². The van der Waals surface area contributed by atoms with Gasteiger partial charge in [-0.15, -0.1) is 0 Å². The molecule has 0 aromatic carbocycles. The molecule has 0 aromatic heterocycles. The van der Waals surface area contributed by atoms with E-state index in [0.29, 0.717) is 11.8 Å². The molecule has 0 aromatic rings. The smallest absolute Gasteiger partial charge is 0.0654 e. The van der Waals surface area contributed by atoms with Crippen LogP contribution in [0.3, 0.4) is 0 Å². The molecule has 0 N–H and O–H groups in total. The Hall–Kier alpha value is -0.120. The lowest BCUT2D eigenvalue weighted by Gasteiger charge is -2.32. The van der Waals surface area contributed by atoms with Crippen molar-refractivity contribution in [2.45, 2.75) is 266 Å². The maximum atomic E-state index is 6.76. The standard InChI is InChI=1S/C48H99NO2/c1-10-15-20-27-36-47(8,37-28-21-16-11-2)50-43-45(6)34-25-32-41-49(40-31-24-19-14-5)42-33-26-35-46(7)44-51-48(9,38-29-22-17-12-3)39-30-23-18-13-4/h45-46H,10-44H2,1-9H3. The van der Waals surface area contributed by atoms with Gasteiger partial charge in [-0.3, -0.25) is 0 Å². The van der Waals surface area contributed by atoms with Gasteiger partial charge in [0.25, 0.3) is 0 Å². The maximum absolute atomic E-state index is 6.76. The lowest BCUT2D eigenvalue weighted by atomic mass is 9.91. The molecule has 0 fully saturated rings. The Bertz CT molecular complexity index is 619. The highest BCUT2D eigenvalue weighted by Gasteiger charge is 2.26. The molecule has 0 saturated carbocycles. The van der Waals surface area contributed by atoms with E-state index in [-0.39, 0.29) is 11.2 Å².